The molecule has 7 heteroatoms. The quantitative estimate of drug-likeness (QED) is 0.650. The van der Waals surface area contributed by atoms with Crippen LogP contribution in [-0.4, -0.2) is 40.5 Å². The number of benzene rings is 1. The standard InChI is InChI=1S/C21H23N3O4/c1-14(25)24-21-18(26-2)10-11-22-20(21)19(23-24)17-9-8-16(28-17)13-27-12-15-6-4-3-5-7-15/h3-7,10-11,16-17H,8-9,12-13H2,1-2H3/t16-,17+/m0/s1. The molecule has 0 spiro atoms. The van der Waals surface area contributed by atoms with Gasteiger partial charge in [-0.1, -0.05) is 30.3 Å². The Morgan fingerprint density at radius 3 is 2.82 bits per heavy atom. The third-order valence-electron chi connectivity index (χ3n) is 4.90. The van der Waals surface area contributed by atoms with Crippen LogP contribution in [0.5, 0.6) is 5.75 Å². The molecule has 1 fully saturated rings. The van der Waals surface area contributed by atoms with Crippen molar-refractivity contribution in [2.75, 3.05) is 13.7 Å². The summed E-state index contributed by atoms with van der Waals surface area (Å²) in [6, 6.07) is 11.8. The van der Waals surface area contributed by atoms with Crippen LogP contribution in [0.15, 0.2) is 42.6 Å². The van der Waals surface area contributed by atoms with Crippen molar-refractivity contribution in [3.63, 3.8) is 0 Å². The summed E-state index contributed by atoms with van der Waals surface area (Å²) in [6.45, 7) is 2.55. The van der Waals surface area contributed by atoms with Crippen molar-refractivity contribution in [2.45, 2.75) is 38.6 Å². The van der Waals surface area contributed by atoms with Gasteiger partial charge in [-0.25, -0.2) is 0 Å². The largest absolute Gasteiger partial charge is 0.494 e. The summed E-state index contributed by atoms with van der Waals surface area (Å²) in [6.07, 6.45) is 3.12. The first-order valence-corrected chi connectivity index (χ1v) is 9.37. The predicted molar refractivity (Wildman–Crippen MR) is 103 cm³/mol. The van der Waals surface area contributed by atoms with Gasteiger partial charge in [-0.15, -0.1) is 0 Å². The number of aromatic nitrogens is 3. The maximum atomic E-state index is 12.1. The lowest BCUT2D eigenvalue weighted by Crippen LogP contribution is -2.15. The number of carbonyl (C=O) groups is 1. The molecule has 1 aliphatic rings. The van der Waals surface area contributed by atoms with Crippen LogP contribution in [0.1, 0.15) is 41.9 Å². The highest BCUT2D eigenvalue weighted by Crippen LogP contribution is 2.37. The summed E-state index contributed by atoms with van der Waals surface area (Å²) in [5, 5.41) is 4.50. The van der Waals surface area contributed by atoms with E-state index in [1.807, 2.05) is 30.3 Å². The number of nitrogens with zero attached hydrogens (tertiary/aromatic N) is 3. The smallest absolute Gasteiger partial charge is 0.244 e. The zero-order chi connectivity index (χ0) is 19.5. The Morgan fingerprint density at radius 2 is 2.07 bits per heavy atom. The molecule has 3 aromatic rings. The molecule has 0 bridgehead atoms. The number of methoxy groups -OCH3 is 1. The summed E-state index contributed by atoms with van der Waals surface area (Å²) in [5.74, 6) is 0.378. The molecule has 2 atom stereocenters. The minimum Gasteiger partial charge on any atom is -0.494 e. The Kier molecular flexibility index (Phi) is 5.36. The minimum atomic E-state index is -0.215. The molecular formula is C21H23N3O4. The third-order valence-corrected chi connectivity index (χ3v) is 4.90. The molecule has 0 saturated carbocycles. The SMILES string of the molecule is COc1ccnc2c([C@H]3CC[C@@H](COCc4ccccc4)O3)nn(C(C)=O)c12. The monoisotopic (exact) mass is 381 g/mol. The van der Waals surface area contributed by atoms with Gasteiger partial charge in [0, 0.05) is 19.2 Å². The molecule has 2 aromatic heterocycles. The molecule has 28 heavy (non-hydrogen) atoms. The van der Waals surface area contributed by atoms with Crippen molar-refractivity contribution in [1.82, 2.24) is 14.8 Å². The number of fused-ring (bicyclic) bond motifs is 1. The van der Waals surface area contributed by atoms with Crippen LogP contribution in [0.4, 0.5) is 0 Å². The van der Waals surface area contributed by atoms with Crippen molar-refractivity contribution < 1.29 is 19.0 Å². The van der Waals surface area contributed by atoms with E-state index in [4.69, 9.17) is 14.2 Å². The van der Waals surface area contributed by atoms with Crippen LogP contribution >= 0.6 is 0 Å². The first-order valence-electron chi connectivity index (χ1n) is 9.37. The van der Waals surface area contributed by atoms with Gasteiger partial charge in [0.2, 0.25) is 5.91 Å². The third kappa shape index (κ3) is 3.63. The number of rotatable bonds is 6. The highest BCUT2D eigenvalue weighted by molar-refractivity contribution is 5.93. The van der Waals surface area contributed by atoms with Crippen molar-refractivity contribution in [1.29, 1.82) is 0 Å². The van der Waals surface area contributed by atoms with E-state index in [0.29, 0.717) is 35.7 Å². The number of pyridine rings is 1. The molecule has 0 unspecified atom stereocenters. The number of hydrogen-bond acceptors (Lipinski definition) is 6. The van der Waals surface area contributed by atoms with Crippen molar-refractivity contribution in [3.05, 3.63) is 53.9 Å². The Balaban J connectivity index is 1.48. The lowest BCUT2D eigenvalue weighted by atomic mass is 10.1. The summed E-state index contributed by atoms with van der Waals surface area (Å²) in [7, 11) is 1.57. The number of carbonyl (C=O) groups excluding carboxylic acids is 1. The highest BCUT2D eigenvalue weighted by atomic mass is 16.5. The summed E-state index contributed by atoms with van der Waals surface area (Å²) >= 11 is 0. The summed E-state index contributed by atoms with van der Waals surface area (Å²) in [5.41, 5.74) is 3.04. The van der Waals surface area contributed by atoms with E-state index in [0.717, 1.165) is 18.4 Å². The van der Waals surface area contributed by atoms with Gasteiger partial charge in [0.05, 0.1) is 26.4 Å². The van der Waals surface area contributed by atoms with Crippen LogP contribution in [0.3, 0.4) is 0 Å². The fourth-order valence-corrected chi connectivity index (χ4v) is 3.55. The Morgan fingerprint density at radius 1 is 1.25 bits per heavy atom. The molecule has 0 radical (unpaired) electrons. The van der Waals surface area contributed by atoms with E-state index in [-0.39, 0.29) is 18.1 Å². The van der Waals surface area contributed by atoms with Gasteiger partial charge in [-0.05, 0) is 18.4 Å². The fraction of sp³-hybridized carbons (Fsp3) is 0.381. The first-order chi connectivity index (χ1) is 13.7. The van der Waals surface area contributed by atoms with Crippen LogP contribution in [0, 0.1) is 0 Å². The molecule has 7 nitrogen and oxygen atoms in total. The second-order valence-electron chi connectivity index (χ2n) is 6.85. The molecule has 1 saturated heterocycles. The molecular weight excluding hydrogens is 358 g/mol. The van der Waals surface area contributed by atoms with E-state index < -0.39 is 0 Å². The molecule has 4 rings (SSSR count). The normalized spacial score (nSPS) is 19.2. The summed E-state index contributed by atoms with van der Waals surface area (Å²) < 4.78 is 18.7. The molecule has 0 amide bonds. The Hall–Kier alpha value is -2.77. The average Bonchev–Trinajstić information content (AvgIpc) is 3.33. The number of ether oxygens (including phenoxy) is 3. The van der Waals surface area contributed by atoms with Crippen LogP contribution in [0.25, 0.3) is 11.0 Å². The molecule has 0 N–H and O–H groups in total. The van der Waals surface area contributed by atoms with E-state index in [9.17, 15) is 4.79 Å². The van der Waals surface area contributed by atoms with E-state index in [1.165, 1.54) is 11.6 Å². The van der Waals surface area contributed by atoms with Gasteiger partial charge >= 0.3 is 0 Å². The Bertz CT molecular complexity index is 970. The van der Waals surface area contributed by atoms with E-state index in [1.54, 1.807) is 19.4 Å². The number of hydrogen-bond donors (Lipinski definition) is 0. The molecule has 146 valence electrons. The topological polar surface area (TPSA) is 75.5 Å². The molecule has 1 aromatic carbocycles. The van der Waals surface area contributed by atoms with Crippen LogP contribution < -0.4 is 4.74 Å². The Labute approximate surface area is 163 Å². The minimum absolute atomic E-state index is 0.00292. The van der Waals surface area contributed by atoms with Gasteiger partial charge in [0.1, 0.15) is 28.6 Å². The molecule has 0 aliphatic carbocycles. The maximum Gasteiger partial charge on any atom is 0.244 e. The van der Waals surface area contributed by atoms with Gasteiger partial charge in [-0.3, -0.25) is 9.78 Å². The van der Waals surface area contributed by atoms with E-state index >= 15 is 0 Å². The second kappa shape index (κ2) is 8.08. The van der Waals surface area contributed by atoms with Gasteiger partial charge in [0.15, 0.2) is 0 Å². The maximum absolute atomic E-state index is 12.1. The lowest BCUT2D eigenvalue weighted by molar-refractivity contribution is -0.0214. The van der Waals surface area contributed by atoms with Crippen molar-refractivity contribution in [3.8, 4) is 5.75 Å². The van der Waals surface area contributed by atoms with Gasteiger partial charge in [-0.2, -0.15) is 9.78 Å². The second-order valence-corrected chi connectivity index (χ2v) is 6.85. The van der Waals surface area contributed by atoms with Gasteiger partial charge in [0.25, 0.3) is 0 Å². The first kappa shape index (κ1) is 18.6. The van der Waals surface area contributed by atoms with Crippen LogP contribution in [0.2, 0.25) is 0 Å². The van der Waals surface area contributed by atoms with E-state index in [2.05, 4.69) is 10.1 Å². The molecule has 1 aliphatic heterocycles. The highest BCUT2D eigenvalue weighted by Gasteiger charge is 2.32. The van der Waals surface area contributed by atoms with Crippen molar-refractivity contribution >= 4 is 16.9 Å². The predicted octanol–water partition coefficient (Wildman–Crippen LogP) is 3.54. The molecule has 3 heterocycles. The fourth-order valence-electron chi connectivity index (χ4n) is 3.55. The average molecular weight is 381 g/mol. The zero-order valence-electron chi connectivity index (χ0n) is 16.0. The summed E-state index contributed by atoms with van der Waals surface area (Å²) in [4.78, 5) is 16.5. The lowest BCUT2D eigenvalue weighted by Gasteiger charge is -2.13. The zero-order valence-corrected chi connectivity index (χ0v) is 16.0. The van der Waals surface area contributed by atoms with Gasteiger partial charge < -0.3 is 14.2 Å². The van der Waals surface area contributed by atoms with Crippen molar-refractivity contribution in [2.24, 2.45) is 0 Å². The van der Waals surface area contributed by atoms with Crippen LogP contribution in [-0.2, 0) is 16.1 Å².